The first-order chi connectivity index (χ1) is 11.6. The standard InChI is InChI=1S/C18H27N3O3/c1-3-10-20(14-18(23)21-11-6-7-12-21)13-17(22)19-15-8-4-5-9-16(15)24-2/h4-5,8-9H,3,6-7,10-14H2,1-2H3,(H,19,22). The molecule has 0 aliphatic carbocycles. The van der Waals surface area contributed by atoms with E-state index in [2.05, 4.69) is 5.32 Å². The molecule has 132 valence electrons. The molecule has 1 aromatic carbocycles. The van der Waals surface area contributed by atoms with Crippen LogP contribution in [0.4, 0.5) is 5.69 Å². The number of hydrogen-bond acceptors (Lipinski definition) is 4. The summed E-state index contributed by atoms with van der Waals surface area (Å²) < 4.78 is 5.24. The van der Waals surface area contributed by atoms with Crippen molar-refractivity contribution in [2.45, 2.75) is 26.2 Å². The molecule has 0 bridgehead atoms. The third kappa shape index (κ3) is 5.23. The monoisotopic (exact) mass is 333 g/mol. The van der Waals surface area contributed by atoms with Crippen molar-refractivity contribution in [1.82, 2.24) is 9.80 Å². The van der Waals surface area contributed by atoms with Crippen LogP contribution in [-0.4, -0.2) is 61.4 Å². The number of methoxy groups -OCH3 is 1. The molecule has 0 unspecified atom stereocenters. The molecule has 6 heteroatoms. The van der Waals surface area contributed by atoms with Crippen molar-refractivity contribution in [3.05, 3.63) is 24.3 Å². The maximum atomic E-state index is 12.3. The van der Waals surface area contributed by atoms with Crippen LogP contribution in [0.3, 0.4) is 0 Å². The zero-order valence-electron chi connectivity index (χ0n) is 14.6. The Labute approximate surface area is 143 Å². The van der Waals surface area contributed by atoms with Gasteiger partial charge in [0.2, 0.25) is 11.8 Å². The number of amides is 2. The summed E-state index contributed by atoms with van der Waals surface area (Å²) in [6.07, 6.45) is 3.05. The van der Waals surface area contributed by atoms with E-state index in [1.807, 2.05) is 28.9 Å². The Morgan fingerprint density at radius 1 is 1.21 bits per heavy atom. The second-order valence-corrected chi connectivity index (χ2v) is 6.05. The molecular weight excluding hydrogens is 306 g/mol. The number of carbonyl (C=O) groups excluding carboxylic acids is 2. The third-order valence-corrected chi connectivity index (χ3v) is 4.11. The van der Waals surface area contributed by atoms with E-state index in [1.54, 1.807) is 19.2 Å². The van der Waals surface area contributed by atoms with Gasteiger partial charge in [-0.05, 0) is 37.9 Å². The highest BCUT2D eigenvalue weighted by molar-refractivity contribution is 5.94. The Morgan fingerprint density at radius 3 is 2.58 bits per heavy atom. The van der Waals surface area contributed by atoms with Crippen LogP contribution in [-0.2, 0) is 9.59 Å². The molecule has 1 N–H and O–H groups in total. The van der Waals surface area contributed by atoms with Crippen LogP contribution >= 0.6 is 0 Å². The zero-order chi connectivity index (χ0) is 17.4. The van der Waals surface area contributed by atoms with E-state index in [0.717, 1.165) is 38.9 Å². The first-order valence-electron chi connectivity index (χ1n) is 8.57. The highest BCUT2D eigenvalue weighted by atomic mass is 16.5. The lowest BCUT2D eigenvalue weighted by molar-refractivity contribution is -0.131. The number of nitrogens with one attached hydrogen (secondary N) is 1. The number of nitrogens with zero attached hydrogens (tertiary/aromatic N) is 2. The van der Waals surface area contributed by atoms with E-state index in [4.69, 9.17) is 4.74 Å². The lowest BCUT2D eigenvalue weighted by atomic mass is 10.3. The lowest BCUT2D eigenvalue weighted by Crippen LogP contribution is -2.42. The highest BCUT2D eigenvalue weighted by Crippen LogP contribution is 2.22. The zero-order valence-corrected chi connectivity index (χ0v) is 14.6. The second kappa shape index (κ2) is 9.27. The quantitative estimate of drug-likeness (QED) is 0.790. The maximum absolute atomic E-state index is 12.3. The first-order valence-corrected chi connectivity index (χ1v) is 8.57. The molecule has 0 saturated carbocycles. The molecule has 1 fully saturated rings. The van der Waals surface area contributed by atoms with Crippen molar-refractivity contribution in [2.75, 3.05) is 45.2 Å². The van der Waals surface area contributed by atoms with Crippen LogP contribution in [0, 0.1) is 0 Å². The van der Waals surface area contributed by atoms with Crippen LogP contribution in [0.1, 0.15) is 26.2 Å². The fraction of sp³-hybridized carbons (Fsp3) is 0.556. The van der Waals surface area contributed by atoms with Crippen molar-refractivity contribution >= 4 is 17.5 Å². The van der Waals surface area contributed by atoms with Gasteiger partial charge < -0.3 is 15.0 Å². The van der Waals surface area contributed by atoms with Gasteiger partial charge >= 0.3 is 0 Å². The van der Waals surface area contributed by atoms with E-state index in [-0.39, 0.29) is 18.4 Å². The van der Waals surface area contributed by atoms with E-state index in [1.165, 1.54) is 0 Å². The number of benzene rings is 1. The molecular formula is C18H27N3O3. The normalized spacial score (nSPS) is 14.0. The van der Waals surface area contributed by atoms with Gasteiger partial charge in [-0.25, -0.2) is 0 Å². The van der Waals surface area contributed by atoms with E-state index >= 15 is 0 Å². The average molecular weight is 333 g/mol. The fourth-order valence-corrected chi connectivity index (χ4v) is 2.93. The maximum Gasteiger partial charge on any atom is 0.238 e. The summed E-state index contributed by atoms with van der Waals surface area (Å²) in [6.45, 7) is 4.95. The van der Waals surface area contributed by atoms with Crippen molar-refractivity contribution in [3.63, 3.8) is 0 Å². The van der Waals surface area contributed by atoms with Crippen molar-refractivity contribution in [3.8, 4) is 5.75 Å². The Morgan fingerprint density at radius 2 is 1.92 bits per heavy atom. The molecule has 0 radical (unpaired) electrons. The Hall–Kier alpha value is -2.08. The van der Waals surface area contributed by atoms with E-state index in [0.29, 0.717) is 18.0 Å². The number of likely N-dealkylation sites (tertiary alicyclic amines) is 1. The first kappa shape index (κ1) is 18.3. The molecule has 1 aromatic rings. The predicted molar refractivity (Wildman–Crippen MR) is 94.2 cm³/mol. The van der Waals surface area contributed by atoms with Gasteiger partial charge in [-0.2, -0.15) is 0 Å². The summed E-state index contributed by atoms with van der Waals surface area (Å²) in [7, 11) is 1.57. The van der Waals surface area contributed by atoms with Crippen molar-refractivity contribution < 1.29 is 14.3 Å². The average Bonchev–Trinajstić information content (AvgIpc) is 3.10. The summed E-state index contributed by atoms with van der Waals surface area (Å²) in [5, 5.41) is 2.86. The fourth-order valence-electron chi connectivity index (χ4n) is 2.93. The third-order valence-electron chi connectivity index (χ3n) is 4.11. The van der Waals surface area contributed by atoms with Gasteiger partial charge in [0.05, 0.1) is 25.9 Å². The van der Waals surface area contributed by atoms with Crippen LogP contribution in [0.5, 0.6) is 5.75 Å². The van der Waals surface area contributed by atoms with Gasteiger partial charge in [-0.15, -0.1) is 0 Å². The minimum atomic E-state index is -0.137. The van der Waals surface area contributed by atoms with Crippen LogP contribution in [0.2, 0.25) is 0 Å². The summed E-state index contributed by atoms with van der Waals surface area (Å²) in [5.74, 6) is 0.606. The lowest BCUT2D eigenvalue weighted by Gasteiger charge is -2.24. The summed E-state index contributed by atoms with van der Waals surface area (Å²) in [5.41, 5.74) is 0.646. The largest absolute Gasteiger partial charge is 0.495 e. The van der Waals surface area contributed by atoms with Gasteiger partial charge in [0.15, 0.2) is 0 Å². The van der Waals surface area contributed by atoms with Crippen LogP contribution < -0.4 is 10.1 Å². The van der Waals surface area contributed by atoms with Crippen LogP contribution in [0.15, 0.2) is 24.3 Å². The number of hydrogen-bond donors (Lipinski definition) is 1. The molecule has 1 saturated heterocycles. The van der Waals surface area contributed by atoms with E-state index in [9.17, 15) is 9.59 Å². The Balaban J connectivity index is 1.91. The highest BCUT2D eigenvalue weighted by Gasteiger charge is 2.21. The van der Waals surface area contributed by atoms with Gasteiger partial charge in [0.25, 0.3) is 0 Å². The molecule has 1 heterocycles. The van der Waals surface area contributed by atoms with Gasteiger partial charge in [-0.1, -0.05) is 19.1 Å². The number of anilines is 1. The molecule has 1 aliphatic rings. The topological polar surface area (TPSA) is 61.9 Å². The van der Waals surface area contributed by atoms with Crippen molar-refractivity contribution in [1.29, 1.82) is 0 Å². The number of carbonyl (C=O) groups is 2. The number of ether oxygens (including phenoxy) is 1. The van der Waals surface area contributed by atoms with E-state index < -0.39 is 0 Å². The van der Waals surface area contributed by atoms with Gasteiger partial charge in [0, 0.05) is 13.1 Å². The minimum Gasteiger partial charge on any atom is -0.495 e. The van der Waals surface area contributed by atoms with Gasteiger partial charge in [-0.3, -0.25) is 14.5 Å². The van der Waals surface area contributed by atoms with Crippen molar-refractivity contribution in [2.24, 2.45) is 0 Å². The second-order valence-electron chi connectivity index (χ2n) is 6.05. The Kier molecular flexibility index (Phi) is 7.06. The summed E-state index contributed by atoms with van der Waals surface area (Å²) in [6, 6.07) is 7.30. The molecule has 24 heavy (non-hydrogen) atoms. The van der Waals surface area contributed by atoms with Crippen LogP contribution in [0.25, 0.3) is 0 Å². The molecule has 0 aromatic heterocycles. The molecule has 0 spiro atoms. The molecule has 0 atom stereocenters. The molecule has 2 rings (SSSR count). The SMILES string of the molecule is CCCN(CC(=O)Nc1ccccc1OC)CC(=O)N1CCCC1. The predicted octanol–water partition coefficient (Wildman–Crippen LogP) is 1.97. The summed E-state index contributed by atoms with van der Waals surface area (Å²) in [4.78, 5) is 28.4. The molecule has 2 amide bonds. The Bertz CT molecular complexity index is 556. The number of rotatable bonds is 8. The molecule has 1 aliphatic heterocycles. The van der Waals surface area contributed by atoms with Gasteiger partial charge in [0.1, 0.15) is 5.75 Å². The number of para-hydroxylation sites is 2. The summed E-state index contributed by atoms with van der Waals surface area (Å²) >= 11 is 0. The smallest absolute Gasteiger partial charge is 0.238 e. The molecule has 6 nitrogen and oxygen atoms in total. The minimum absolute atomic E-state index is 0.117.